The highest BCUT2D eigenvalue weighted by atomic mass is 16.5. The first-order valence-corrected chi connectivity index (χ1v) is 6.68. The summed E-state index contributed by atoms with van der Waals surface area (Å²) in [5, 5.41) is 3.24. The number of carbonyl (C=O) groups excluding carboxylic acids is 1. The maximum Gasteiger partial charge on any atom is 0.323 e. The zero-order chi connectivity index (χ0) is 14.1. The molecule has 0 saturated carbocycles. The van der Waals surface area contributed by atoms with Crippen LogP contribution in [0.4, 0.5) is 0 Å². The molecule has 0 bridgehead atoms. The molecule has 1 rings (SSSR count). The Kier molecular flexibility index (Phi) is 7.15. The van der Waals surface area contributed by atoms with Crippen LogP contribution in [0.1, 0.15) is 31.4 Å². The lowest BCUT2D eigenvalue weighted by atomic mass is 10.1. The highest BCUT2D eigenvalue weighted by Crippen LogP contribution is 2.10. The first-order chi connectivity index (χ1) is 9.22. The van der Waals surface area contributed by atoms with Gasteiger partial charge in [-0.25, -0.2) is 0 Å². The summed E-state index contributed by atoms with van der Waals surface area (Å²) in [6.07, 6.45) is 0.714. The Bertz CT molecular complexity index is 393. The van der Waals surface area contributed by atoms with E-state index in [0.29, 0.717) is 26.2 Å². The van der Waals surface area contributed by atoms with Gasteiger partial charge in [0, 0.05) is 13.7 Å². The number of esters is 1. The molecule has 1 aromatic rings. The van der Waals surface area contributed by atoms with Crippen LogP contribution < -0.4 is 5.32 Å². The van der Waals surface area contributed by atoms with Crippen molar-refractivity contribution >= 4 is 5.97 Å². The van der Waals surface area contributed by atoms with Crippen molar-refractivity contribution in [3.05, 3.63) is 35.4 Å². The molecular formula is C15H23NO3. The van der Waals surface area contributed by atoms with Crippen molar-refractivity contribution in [1.29, 1.82) is 0 Å². The van der Waals surface area contributed by atoms with Crippen LogP contribution in [-0.2, 0) is 27.4 Å². The average molecular weight is 265 g/mol. The molecule has 0 aliphatic heterocycles. The first kappa shape index (κ1) is 15.7. The summed E-state index contributed by atoms with van der Waals surface area (Å²) in [4.78, 5) is 11.7. The van der Waals surface area contributed by atoms with Crippen molar-refractivity contribution in [2.45, 2.75) is 39.5 Å². The maximum absolute atomic E-state index is 11.7. The van der Waals surface area contributed by atoms with Gasteiger partial charge in [0.05, 0.1) is 13.2 Å². The summed E-state index contributed by atoms with van der Waals surface area (Å²) < 4.78 is 10.2. The van der Waals surface area contributed by atoms with E-state index in [2.05, 4.69) is 5.32 Å². The summed E-state index contributed by atoms with van der Waals surface area (Å²) in [5.74, 6) is -0.186. The van der Waals surface area contributed by atoms with Crippen molar-refractivity contribution in [2.24, 2.45) is 0 Å². The van der Waals surface area contributed by atoms with Gasteiger partial charge in [0.2, 0.25) is 0 Å². The lowest BCUT2D eigenvalue weighted by Gasteiger charge is -2.16. The van der Waals surface area contributed by atoms with E-state index >= 15 is 0 Å². The molecule has 4 nitrogen and oxygen atoms in total. The second kappa shape index (κ2) is 8.67. The quantitative estimate of drug-likeness (QED) is 0.732. The Morgan fingerprint density at radius 1 is 1.26 bits per heavy atom. The summed E-state index contributed by atoms with van der Waals surface area (Å²) in [5.41, 5.74) is 2.28. The van der Waals surface area contributed by atoms with E-state index in [0.717, 1.165) is 11.1 Å². The van der Waals surface area contributed by atoms with Gasteiger partial charge in [0.25, 0.3) is 0 Å². The number of hydrogen-bond donors (Lipinski definition) is 1. The third-order valence-electron chi connectivity index (χ3n) is 2.94. The molecule has 0 aliphatic rings. The van der Waals surface area contributed by atoms with E-state index in [-0.39, 0.29) is 12.0 Å². The number of ether oxygens (including phenoxy) is 2. The van der Waals surface area contributed by atoms with Crippen LogP contribution in [0.15, 0.2) is 24.3 Å². The molecule has 0 fully saturated rings. The molecule has 0 spiro atoms. The highest BCUT2D eigenvalue weighted by Gasteiger charge is 2.17. The van der Waals surface area contributed by atoms with Crippen molar-refractivity contribution in [1.82, 2.24) is 5.32 Å². The molecule has 106 valence electrons. The van der Waals surface area contributed by atoms with Crippen molar-refractivity contribution < 1.29 is 14.3 Å². The molecule has 0 saturated heterocycles. The van der Waals surface area contributed by atoms with E-state index < -0.39 is 0 Å². The van der Waals surface area contributed by atoms with Crippen LogP contribution >= 0.6 is 0 Å². The fraction of sp³-hybridized carbons (Fsp3) is 0.533. The summed E-state index contributed by atoms with van der Waals surface area (Å²) in [7, 11) is 1.68. The van der Waals surface area contributed by atoms with Gasteiger partial charge in [-0.2, -0.15) is 0 Å². The van der Waals surface area contributed by atoms with Gasteiger partial charge in [-0.05, 0) is 24.5 Å². The minimum atomic E-state index is -0.254. The SMILES string of the molecule is CCOC(=O)C(CC)NCc1ccccc1COC. The Morgan fingerprint density at radius 2 is 1.95 bits per heavy atom. The Labute approximate surface area is 115 Å². The highest BCUT2D eigenvalue weighted by molar-refractivity contribution is 5.75. The van der Waals surface area contributed by atoms with E-state index in [1.165, 1.54) is 0 Å². The van der Waals surface area contributed by atoms with E-state index in [1.807, 2.05) is 38.1 Å². The zero-order valence-electron chi connectivity index (χ0n) is 11.9. The van der Waals surface area contributed by atoms with Crippen molar-refractivity contribution in [3.8, 4) is 0 Å². The third-order valence-corrected chi connectivity index (χ3v) is 2.94. The molecule has 1 aromatic carbocycles. The van der Waals surface area contributed by atoms with E-state index in [9.17, 15) is 4.79 Å². The van der Waals surface area contributed by atoms with Crippen LogP contribution in [0.3, 0.4) is 0 Å². The molecule has 0 heterocycles. The molecule has 0 aliphatic carbocycles. The Morgan fingerprint density at radius 3 is 2.53 bits per heavy atom. The van der Waals surface area contributed by atoms with Crippen molar-refractivity contribution in [2.75, 3.05) is 13.7 Å². The average Bonchev–Trinajstić information content (AvgIpc) is 2.42. The van der Waals surface area contributed by atoms with Gasteiger partial charge in [0.15, 0.2) is 0 Å². The van der Waals surface area contributed by atoms with Gasteiger partial charge in [-0.15, -0.1) is 0 Å². The summed E-state index contributed by atoms with van der Waals surface area (Å²) >= 11 is 0. The lowest BCUT2D eigenvalue weighted by molar-refractivity contribution is -0.145. The van der Waals surface area contributed by atoms with Gasteiger partial charge in [-0.3, -0.25) is 4.79 Å². The summed E-state index contributed by atoms with van der Waals surface area (Å²) in [6.45, 7) is 5.41. The smallest absolute Gasteiger partial charge is 0.323 e. The van der Waals surface area contributed by atoms with Crippen LogP contribution in [-0.4, -0.2) is 25.7 Å². The predicted octanol–water partition coefficient (Wildman–Crippen LogP) is 2.26. The first-order valence-electron chi connectivity index (χ1n) is 6.68. The third kappa shape index (κ3) is 5.01. The fourth-order valence-corrected chi connectivity index (χ4v) is 1.90. The number of rotatable bonds is 8. The Hall–Kier alpha value is -1.39. The molecule has 0 radical (unpaired) electrons. The van der Waals surface area contributed by atoms with Crippen LogP contribution in [0.25, 0.3) is 0 Å². The van der Waals surface area contributed by atoms with Crippen LogP contribution in [0.5, 0.6) is 0 Å². The minimum Gasteiger partial charge on any atom is -0.465 e. The van der Waals surface area contributed by atoms with E-state index in [4.69, 9.17) is 9.47 Å². The van der Waals surface area contributed by atoms with Gasteiger partial charge < -0.3 is 14.8 Å². The molecule has 1 unspecified atom stereocenters. The number of benzene rings is 1. The molecule has 0 aromatic heterocycles. The van der Waals surface area contributed by atoms with Gasteiger partial charge >= 0.3 is 5.97 Å². The maximum atomic E-state index is 11.7. The molecule has 4 heteroatoms. The second-order valence-electron chi connectivity index (χ2n) is 4.30. The van der Waals surface area contributed by atoms with Gasteiger partial charge in [0.1, 0.15) is 6.04 Å². The van der Waals surface area contributed by atoms with Crippen LogP contribution in [0, 0.1) is 0 Å². The summed E-state index contributed by atoms with van der Waals surface area (Å²) in [6, 6.07) is 7.79. The normalized spacial score (nSPS) is 12.2. The number of hydrogen-bond acceptors (Lipinski definition) is 4. The number of methoxy groups -OCH3 is 1. The minimum absolute atomic E-state index is 0.186. The number of carbonyl (C=O) groups is 1. The topological polar surface area (TPSA) is 47.6 Å². The number of nitrogens with one attached hydrogen (secondary N) is 1. The lowest BCUT2D eigenvalue weighted by Crippen LogP contribution is -2.37. The van der Waals surface area contributed by atoms with Crippen LogP contribution in [0.2, 0.25) is 0 Å². The van der Waals surface area contributed by atoms with Crippen molar-refractivity contribution in [3.63, 3.8) is 0 Å². The molecule has 1 atom stereocenters. The largest absolute Gasteiger partial charge is 0.465 e. The predicted molar refractivity (Wildman–Crippen MR) is 74.7 cm³/mol. The molecule has 0 amide bonds. The standard InChI is InChI=1S/C15H23NO3/c1-4-14(15(17)19-5-2)16-10-12-8-6-7-9-13(12)11-18-3/h6-9,14,16H,4-5,10-11H2,1-3H3. The monoisotopic (exact) mass is 265 g/mol. The van der Waals surface area contributed by atoms with E-state index in [1.54, 1.807) is 7.11 Å². The molecule has 1 N–H and O–H groups in total. The fourth-order valence-electron chi connectivity index (χ4n) is 1.90. The second-order valence-corrected chi connectivity index (χ2v) is 4.30. The molecule has 19 heavy (non-hydrogen) atoms. The Balaban J connectivity index is 2.61. The van der Waals surface area contributed by atoms with Gasteiger partial charge in [-0.1, -0.05) is 31.2 Å². The molecular weight excluding hydrogens is 242 g/mol. The zero-order valence-corrected chi connectivity index (χ0v) is 11.9.